The van der Waals surface area contributed by atoms with Gasteiger partial charge in [-0.25, -0.2) is 4.79 Å². The Morgan fingerprint density at radius 2 is 2.13 bits per heavy atom. The summed E-state index contributed by atoms with van der Waals surface area (Å²) < 4.78 is 5.29. The molecule has 0 bridgehead atoms. The fourth-order valence-corrected chi connectivity index (χ4v) is 3.75. The minimum atomic E-state index is -1.04. The summed E-state index contributed by atoms with van der Waals surface area (Å²) in [7, 11) is 0. The Kier molecular flexibility index (Phi) is 5.11. The van der Waals surface area contributed by atoms with E-state index < -0.39 is 18.0 Å². The molecule has 2 unspecified atom stereocenters. The summed E-state index contributed by atoms with van der Waals surface area (Å²) in [6.45, 7) is 2.27. The zero-order valence-corrected chi connectivity index (χ0v) is 16.3. The van der Waals surface area contributed by atoms with Crippen LogP contribution in [0.25, 0.3) is 0 Å². The average molecular weight is 404 g/mol. The number of fused-ring (bicyclic) bond motifs is 3. The Bertz CT molecular complexity index is 1080. The highest BCUT2D eigenvalue weighted by Crippen LogP contribution is 2.37. The minimum Gasteiger partial charge on any atom is -0.449 e. The summed E-state index contributed by atoms with van der Waals surface area (Å²) in [5.74, 6) is -1.24. The number of hydrogen-bond donors (Lipinski definition) is 2. The van der Waals surface area contributed by atoms with Crippen LogP contribution in [-0.2, 0) is 14.3 Å². The van der Waals surface area contributed by atoms with Gasteiger partial charge in [0, 0.05) is 12.2 Å². The van der Waals surface area contributed by atoms with Crippen molar-refractivity contribution in [3.05, 3.63) is 53.6 Å². The molecule has 2 N–H and O–H groups in total. The SMILES string of the molecule is CC(OC(=O)c1ccc2c(c1)NC(=O)C1CCCN21)C(=O)Nc1cccc(C#N)c1. The first-order valence-corrected chi connectivity index (χ1v) is 9.70. The Morgan fingerprint density at radius 1 is 1.30 bits per heavy atom. The van der Waals surface area contributed by atoms with Gasteiger partial charge in [0.15, 0.2) is 6.10 Å². The van der Waals surface area contributed by atoms with E-state index in [1.54, 1.807) is 36.4 Å². The predicted molar refractivity (Wildman–Crippen MR) is 110 cm³/mol. The largest absolute Gasteiger partial charge is 0.449 e. The van der Waals surface area contributed by atoms with Gasteiger partial charge in [0.25, 0.3) is 5.91 Å². The number of nitrogens with one attached hydrogen (secondary N) is 2. The summed E-state index contributed by atoms with van der Waals surface area (Å²) in [6.07, 6.45) is 0.723. The number of hydrogen-bond acceptors (Lipinski definition) is 6. The van der Waals surface area contributed by atoms with Crippen molar-refractivity contribution in [2.75, 3.05) is 22.1 Å². The third kappa shape index (κ3) is 3.70. The van der Waals surface area contributed by atoms with Crippen molar-refractivity contribution < 1.29 is 19.1 Å². The van der Waals surface area contributed by atoms with Crippen molar-refractivity contribution in [1.29, 1.82) is 5.26 Å². The standard InChI is InChI=1S/C22H20N4O4/c1-13(20(27)24-16-5-2-4-14(10-16)12-23)30-22(29)15-7-8-18-17(11-15)25-21(28)19-6-3-9-26(18)19/h2,4-5,7-8,10-11,13,19H,3,6,9H2,1H3,(H,24,27)(H,25,28). The molecule has 2 aliphatic rings. The zero-order chi connectivity index (χ0) is 21.3. The molecule has 0 saturated carbocycles. The van der Waals surface area contributed by atoms with E-state index in [2.05, 4.69) is 15.5 Å². The molecule has 1 saturated heterocycles. The molecule has 30 heavy (non-hydrogen) atoms. The second-order valence-electron chi connectivity index (χ2n) is 7.30. The van der Waals surface area contributed by atoms with E-state index in [0.29, 0.717) is 16.9 Å². The molecule has 2 atom stereocenters. The van der Waals surface area contributed by atoms with Gasteiger partial charge in [0.05, 0.1) is 28.6 Å². The first-order chi connectivity index (χ1) is 14.5. The first-order valence-electron chi connectivity index (χ1n) is 9.70. The fourth-order valence-electron chi connectivity index (χ4n) is 3.75. The van der Waals surface area contributed by atoms with E-state index in [-0.39, 0.29) is 17.5 Å². The highest BCUT2D eigenvalue weighted by Gasteiger charge is 2.36. The lowest BCUT2D eigenvalue weighted by atomic mass is 10.1. The number of anilines is 3. The molecule has 2 aromatic rings. The number of nitriles is 1. The maximum absolute atomic E-state index is 12.5. The van der Waals surface area contributed by atoms with Crippen molar-refractivity contribution in [1.82, 2.24) is 0 Å². The topological polar surface area (TPSA) is 112 Å². The Balaban J connectivity index is 1.43. The lowest BCUT2D eigenvalue weighted by molar-refractivity contribution is -0.123. The summed E-state index contributed by atoms with van der Waals surface area (Å²) >= 11 is 0. The Morgan fingerprint density at radius 3 is 2.93 bits per heavy atom. The van der Waals surface area contributed by atoms with Gasteiger partial charge in [-0.15, -0.1) is 0 Å². The second kappa shape index (κ2) is 7.87. The molecule has 4 rings (SSSR count). The van der Waals surface area contributed by atoms with Gasteiger partial charge < -0.3 is 20.3 Å². The van der Waals surface area contributed by atoms with E-state index in [4.69, 9.17) is 10.00 Å². The van der Waals surface area contributed by atoms with Crippen LogP contribution < -0.4 is 15.5 Å². The van der Waals surface area contributed by atoms with Crippen LogP contribution in [0.1, 0.15) is 35.7 Å². The molecule has 0 aromatic heterocycles. The number of amides is 2. The van der Waals surface area contributed by atoms with Crippen molar-refractivity contribution >= 4 is 34.8 Å². The average Bonchev–Trinajstić information content (AvgIpc) is 3.24. The van der Waals surface area contributed by atoms with E-state index in [1.807, 2.05) is 6.07 Å². The quantitative estimate of drug-likeness (QED) is 0.758. The maximum atomic E-state index is 12.5. The monoisotopic (exact) mass is 404 g/mol. The smallest absolute Gasteiger partial charge is 0.338 e. The first kappa shape index (κ1) is 19.5. The number of rotatable bonds is 4. The molecule has 8 nitrogen and oxygen atoms in total. The van der Waals surface area contributed by atoms with Crippen LogP contribution in [0.15, 0.2) is 42.5 Å². The van der Waals surface area contributed by atoms with Crippen LogP contribution in [0, 0.1) is 11.3 Å². The van der Waals surface area contributed by atoms with Gasteiger partial charge in [-0.05, 0) is 56.2 Å². The van der Waals surface area contributed by atoms with Crippen LogP contribution >= 0.6 is 0 Å². The molecule has 2 heterocycles. The van der Waals surface area contributed by atoms with Crippen LogP contribution in [0.5, 0.6) is 0 Å². The minimum absolute atomic E-state index is 0.0714. The molecule has 2 aromatic carbocycles. The van der Waals surface area contributed by atoms with Crippen LogP contribution in [0.2, 0.25) is 0 Å². The Labute approximate surface area is 173 Å². The summed E-state index contributed by atoms with van der Waals surface area (Å²) in [4.78, 5) is 39.2. The number of carbonyl (C=O) groups is 3. The van der Waals surface area contributed by atoms with Gasteiger partial charge in [0.2, 0.25) is 5.91 Å². The van der Waals surface area contributed by atoms with E-state index in [9.17, 15) is 14.4 Å². The molecule has 2 aliphatic heterocycles. The predicted octanol–water partition coefficient (Wildman–Crippen LogP) is 2.66. The number of nitrogens with zero attached hydrogens (tertiary/aromatic N) is 2. The summed E-state index contributed by atoms with van der Waals surface area (Å²) in [6, 6.07) is 13.3. The van der Waals surface area contributed by atoms with Gasteiger partial charge in [0.1, 0.15) is 6.04 Å². The van der Waals surface area contributed by atoms with Crippen molar-refractivity contribution in [2.45, 2.75) is 31.9 Å². The van der Waals surface area contributed by atoms with E-state index >= 15 is 0 Å². The molecular formula is C22H20N4O4. The molecule has 8 heteroatoms. The highest BCUT2D eigenvalue weighted by molar-refractivity contribution is 6.05. The van der Waals surface area contributed by atoms with Crippen molar-refractivity contribution in [3.63, 3.8) is 0 Å². The number of benzene rings is 2. The normalized spacial score (nSPS) is 17.8. The Hall–Kier alpha value is -3.86. The molecule has 0 aliphatic carbocycles. The van der Waals surface area contributed by atoms with E-state index in [1.165, 1.54) is 13.0 Å². The lowest BCUT2D eigenvalue weighted by Crippen LogP contribution is -2.43. The lowest BCUT2D eigenvalue weighted by Gasteiger charge is -2.33. The zero-order valence-electron chi connectivity index (χ0n) is 16.3. The highest BCUT2D eigenvalue weighted by atomic mass is 16.5. The van der Waals surface area contributed by atoms with Crippen molar-refractivity contribution in [2.24, 2.45) is 0 Å². The summed E-state index contributed by atoms with van der Waals surface area (Å²) in [5.41, 5.74) is 2.56. The van der Waals surface area contributed by atoms with Crippen LogP contribution in [0.4, 0.5) is 17.1 Å². The van der Waals surface area contributed by atoms with Crippen molar-refractivity contribution in [3.8, 4) is 6.07 Å². The molecule has 152 valence electrons. The molecule has 1 fully saturated rings. The van der Waals surface area contributed by atoms with E-state index in [0.717, 1.165) is 25.1 Å². The number of carbonyl (C=O) groups excluding carboxylic acids is 3. The van der Waals surface area contributed by atoms with Gasteiger partial charge in [-0.2, -0.15) is 5.26 Å². The molecule has 0 spiro atoms. The maximum Gasteiger partial charge on any atom is 0.338 e. The molecule has 2 amide bonds. The van der Waals surface area contributed by atoms with Gasteiger partial charge >= 0.3 is 5.97 Å². The number of esters is 1. The van der Waals surface area contributed by atoms with Gasteiger partial charge in [-0.1, -0.05) is 6.07 Å². The molecule has 0 radical (unpaired) electrons. The van der Waals surface area contributed by atoms with Gasteiger partial charge in [-0.3, -0.25) is 9.59 Å². The molecular weight excluding hydrogens is 384 g/mol. The summed E-state index contributed by atoms with van der Waals surface area (Å²) in [5, 5.41) is 14.4. The third-order valence-electron chi connectivity index (χ3n) is 5.27. The van der Waals surface area contributed by atoms with Crippen LogP contribution in [-0.4, -0.2) is 36.5 Å². The second-order valence-corrected chi connectivity index (χ2v) is 7.30. The van der Waals surface area contributed by atoms with Crippen LogP contribution in [0.3, 0.4) is 0 Å². The fraction of sp³-hybridized carbons (Fsp3) is 0.273. The number of ether oxygens (including phenoxy) is 1. The third-order valence-corrected chi connectivity index (χ3v) is 5.27.